The maximum Gasteiger partial charge on any atom is 0.303 e. The highest BCUT2D eigenvalue weighted by Crippen LogP contribution is 2.36. The van der Waals surface area contributed by atoms with Crippen molar-refractivity contribution in [3.8, 4) is 0 Å². The number of thioether (sulfide) groups is 1. The Hall–Kier alpha value is -1.67. The number of carboxylic acids is 1. The van der Waals surface area contributed by atoms with Crippen LogP contribution in [0.2, 0.25) is 0 Å². The van der Waals surface area contributed by atoms with Crippen LogP contribution in [0, 0.1) is 17.7 Å². The van der Waals surface area contributed by atoms with Crippen molar-refractivity contribution in [1.82, 2.24) is 0 Å². The molecule has 1 fully saturated rings. The Morgan fingerprint density at radius 3 is 2.72 bits per heavy atom. The van der Waals surface area contributed by atoms with Gasteiger partial charge in [-0.05, 0) is 37.3 Å². The molecule has 0 radical (unpaired) electrons. The van der Waals surface area contributed by atoms with Gasteiger partial charge < -0.3 is 20.4 Å². The number of aliphatic carboxylic acids is 1. The van der Waals surface area contributed by atoms with Crippen molar-refractivity contribution >= 4 is 17.7 Å². The minimum atomic E-state index is -0.815. The molecule has 2 rings (SSSR count). The van der Waals surface area contributed by atoms with Gasteiger partial charge in [0.2, 0.25) is 0 Å². The highest BCUT2D eigenvalue weighted by Gasteiger charge is 2.39. The summed E-state index contributed by atoms with van der Waals surface area (Å²) in [4.78, 5) is 11.0. The molecule has 5 atom stereocenters. The van der Waals surface area contributed by atoms with E-state index in [9.17, 15) is 24.5 Å². The predicted octanol–water partition coefficient (Wildman–Crippen LogP) is 3.39. The number of carbonyl (C=O) groups is 1. The highest BCUT2D eigenvalue weighted by atomic mass is 32.2. The van der Waals surface area contributed by atoms with Crippen LogP contribution in [0.3, 0.4) is 0 Å². The molecule has 160 valence electrons. The molecule has 1 aliphatic carbocycles. The summed E-state index contributed by atoms with van der Waals surface area (Å²) in [6.45, 7) is 0. The quantitative estimate of drug-likeness (QED) is 0.247. The van der Waals surface area contributed by atoms with Crippen LogP contribution < -0.4 is 0 Å². The first-order valence-corrected chi connectivity index (χ1v) is 10.8. The van der Waals surface area contributed by atoms with Crippen LogP contribution in [0.4, 0.5) is 4.39 Å². The first-order valence-electron chi connectivity index (χ1n) is 9.85. The van der Waals surface area contributed by atoms with Crippen LogP contribution in [0.5, 0.6) is 0 Å². The molecular formula is C22H29FO5S. The zero-order chi connectivity index (χ0) is 21.2. The SMILES string of the molecule is O=C(O)CCC/C=C\C[C@@H]1[C@@H](/C=C/[C@@H](O)CSc2ccccc2F)[C@H](O)C[C@@H]1O. The molecule has 7 heteroatoms. The number of rotatable bonds is 11. The average Bonchev–Trinajstić information content (AvgIpc) is 2.94. The number of carboxylic acid groups (broad SMARTS) is 1. The number of unbranched alkanes of at least 4 members (excludes halogenated alkanes) is 1. The van der Waals surface area contributed by atoms with E-state index in [1.165, 1.54) is 17.8 Å². The Balaban J connectivity index is 1.84. The molecule has 1 aromatic rings. The summed E-state index contributed by atoms with van der Waals surface area (Å²) < 4.78 is 13.6. The number of hydrogen-bond acceptors (Lipinski definition) is 5. The summed E-state index contributed by atoms with van der Waals surface area (Å²) in [6.07, 6.45) is 7.26. The largest absolute Gasteiger partial charge is 0.481 e. The molecule has 5 nitrogen and oxygen atoms in total. The minimum Gasteiger partial charge on any atom is -0.481 e. The smallest absolute Gasteiger partial charge is 0.303 e. The fourth-order valence-electron chi connectivity index (χ4n) is 3.50. The molecule has 4 N–H and O–H groups in total. The van der Waals surface area contributed by atoms with Gasteiger partial charge in [-0.2, -0.15) is 0 Å². The van der Waals surface area contributed by atoms with Gasteiger partial charge in [-0.15, -0.1) is 11.8 Å². The minimum absolute atomic E-state index is 0.128. The lowest BCUT2D eigenvalue weighted by Crippen LogP contribution is -2.20. The zero-order valence-electron chi connectivity index (χ0n) is 16.2. The van der Waals surface area contributed by atoms with Gasteiger partial charge in [-0.3, -0.25) is 4.79 Å². The van der Waals surface area contributed by atoms with Gasteiger partial charge in [0.25, 0.3) is 0 Å². The third-order valence-corrected chi connectivity index (χ3v) is 6.20. The molecule has 1 aromatic carbocycles. The van der Waals surface area contributed by atoms with Gasteiger partial charge in [0.05, 0.1) is 18.3 Å². The Labute approximate surface area is 175 Å². The van der Waals surface area contributed by atoms with Crippen LogP contribution in [0.1, 0.15) is 32.1 Å². The van der Waals surface area contributed by atoms with Crippen LogP contribution in [-0.2, 0) is 4.79 Å². The third kappa shape index (κ3) is 7.93. The van der Waals surface area contributed by atoms with E-state index in [-0.39, 0.29) is 36.2 Å². The van der Waals surface area contributed by atoms with Crippen LogP contribution in [0.15, 0.2) is 53.5 Å². The molecule has 1 aliphatic rings. The maximum atomic E-state index is 13.6. The van der Waals surface area contributed by atoms with Crippen LogP contribution in [-0.4, -0.2) is 50.5 Å². The topological polar surface area (TPSA) is 98.0 Å². The van der Waals surface area contributed by atoms with Gasteiger partial charge >= 0.3 is 5.97 Å². The maximum absolute atomic E-state index is 13.6. The van der Waals surface area contributed by atoms with E-state index in [1.807, 2.05) is 12.2 Å². The molecule has 1 saturated carbocycles. The number of hydrogen-bond donors (Lipinski definition) is 4. The first-order chi connectivity index (χ1) is 13.9. The summed E-state index contributed by atoms with van der Waals surface area (Å²) >= 11 is 1.22. The fourth-order valence-corrected chi connectivity index (χ4v) is 4.34. The summed E-state index contributed by atoms with van der Waals surface area (Å²) in [5, 5.41) is 39.3. The third-order valence-electron chi connectivity index (χ3n) is 5.05. The molecular weight excluding hydrogens is 395 g/mol. The molecule has 0 aliphatic heterocycles. The average molecular weight is 425 g/mol. The lowest BCUT2D eigenvalue weighted by atomic mass is 9.89. The van der Waals surface area contributed by atoms with Crippen LogP contribution in [0.25, 0.3) is 0 Å². The summed E-state index contributed by atoms with van der Waals surface area (Å²) in [5.74, 6) is -1.29. The number of aliphatic hydroxyl groups is 3. The number of allylic oxidation sites excluding steroid dienone is 2. The van der Waals surface area contributed by atoms with Crippen LogP contribution >= 0.6 is 11.8 Å². The normalized spacial score (nSPS) is 25.8. The molecule has 0 aromatic heterocycles. The van der Waals surface area contributed by atoms with E-state index in [0.29, 0.717) is 24.2 Å². The standard InChI is InChI=1S/C22H29FO5S/c23-18-8-5-6-9-21(18)29-14-15(24)11-12-17-16(19(25)13-20(17)26)7-3-1-2-4-10-22(27)28/h1,3,5-6,8-9,11-12,15-17,19-20,24-26H,2,4,7,10,13-14H2,(H,27,28)/b3-1-,12-11+/t15-,16-,17-,19+,20-/m1/s1. The number of benzene rings is 1. The van der Waals surface area contributed by atoms with E-state index in [2.05, 4.69) is 0 Å². The molecule has 0 heterocycles. The second kappa shape index (κ2) is 12.1. The van der Waals surface area contributed by atoms with Crippen molar-refractivity contribution in [2.24, 2.45) is 11.8 Å². The van der Waals surface area contributed by atoms with E-state index in [1.54, 1.807) is 30.4 Å². The van der Waals surface area contributed by atoms with Crippen molar-refractivity contribution in [2.75, 3.05) is 5.75 Å². The van der Waals surface area contributed by atoms with Crippen molar-refractivity contribution in [1.29, 1.82) is 0 Å². The molecule has 0 bridgehead atoms. The fraction of sp³-hybridized carbons (Fsp3) is 0.500. The monoisotopic (exact) mass is 424 g/mol. The zero-order valence-corrected chi connectivity index (χ0v) is 17.0. The van der Waals surface area contributed by atoms with E-state index in [0.717, 1.165) is 0 Å². The van der Waals surface area contributed by atoms with Crippen molar-refractivity contribution in [3.05, 3.63) is 54.4 Å². The first kappa shape index (κ1) is 23.6. The van der Waals surface area contributed by atoms with Gasteiger partial charge in [0, 0.05) is 29.4 Å². The molecule has 0 saturated heterocycles. The van der Waals surface area contributed by atoms with Gasteiger partial charge in [0.1, 0.15) is 5.82 Å². The number of aliphatic hydroxyl groups excluding tert-OH is 3. The van der Waals surface area contributed by atoms with E-state index < -0.39 is 24.3 Å². The lowest BCUT2D eigenvalue weighted by Gasteiger charge is -2.19. The van der Waals surface area contributed by atoms with E-state index in [4.69, 9.17) is 5.11 Å². The Morgan fingerprint density at radius 2 is 2.00 bits per heavy atom. The molecule has 0 spiro atoms. The second-order valence-corrected chi connectivity index (χ2v) is 8.36. The highest BCUT2D eigenvalue weighted by molar-refractivity contribution is 7.99. The van der Waals surface area contributed by atoms with Gasteiger partial charge in [-0.25, -0.2) is 4.39 Å². The predicted molar refractivity (Wildman–Crippen MR) is 111 cm³/mol. The number of halogens is 1. The lowest BCUT2D eigenvalue weighted by molar-refractivity contribution is -0.137. The van der Waals surface area contributed by atoms with Gasteiger partial charge in [-0.1, -0.05) is 36.4 Å². The summed E-state index contributed by atoms with van der Waals surface area (Å²) in [6, 6.07) is 6.39. The van der Waals surface area contributed by atoms with Crippen molar-refractivity contribution < 1.29 is 29.6 Å². The summed E-state index contributed by atoms with van der Waals surface area (Å²) in [5.41, 5.74) is 0. The molecule has 0 amide bonds. The van der Waals surface area contributed by atoms with Crippen molar-refractivity contribution in [2.45, 2.75) is 55.3 Å². The molecule has 0 unspecified atom stereocenters. The second-order valence-electron chi connectivity index (χ2n) is 7.30. The van der Waals surface area contributed by atoms with Crippen molar-refractivity contribution in [3.63, 3.8) is 0 Å². The molecule has 29 heavy (non-hydrogen) atoms. The summed E-state index contributed by atoms with van der Waals surface area (Å²) in [7, 11) is 0. The Morgan fingerprint density at radius 1 is 1.24 bits per heavy atom. The Bertz CT molecular complexity index is 708. The van der Waals surface area contributed by atoms with E-state index >= 15 is 0 Å². The van der Waals surface area contributed by atoms with Gasteiger partial charge in [0.15, 0.2) is 0 Å². The Kier molecular flexibility index (Phi) is 9.87.